The monoisotopic (exact) mass is 380 g/mol. The molecule has 0 fully saturated rings. The Bertz CT molecular complexity index is 1700. The SMILES string of the molecule is [C-]#[N+]/N=c1/c2cc(C#N)ccc2c2cc3c(cc12)/c(=N/[N+]#[C-])c1cc([N+]#[C-])ccc13. The highest BCUT2D eigenvalue weighted by molar-refractivity contribution is 6.21. The van der Waals surface area contributed by atoms with Crippen molar-refractivity contribution in [2.75, 3.05) is 0 Å². The summed E-state index contributed by atoms with van der Waals surface area (Å²) in [4.78, 5) is 9.94. The average molecular weight is 380 g/mol. The summed E-state index contributed by atoms with van der Waals surface area (Å²) in [6.45, 7) is 21.8. The van der Waals surface area contributed by atoms with E-state index in [9.17, 15) is 5.26 Å². The predicted octanol–water partition coefficient (Wildman–Crippen LogP) is 5.07. The number of hydrogen-bond donors (Lipinski definition) is 0. The second kappa shape index (κ2) is 6.25. The van der Waals surface area contributed by atoms with Gasteiger partial charge in [-0.3, -0.25) is 0 Å². The van der Waals surface area contributed by atoms with Crippen LogP contribution < -0.4 is 10.7 Å². The van der Waals surface area contributed by atoms with Gasteiger partial charge in [-0.15, -0.1) is 9.91 Å². The number of nitrogens with zero attached hydrogens (tertiary/aromatic N) is 6. The topological polar surface area (TPSA) is 61.6 Å². The van der Waals surface area contributed by atoms with E-state index in [4.69, 9.17) is 19.7 Å². The molecular weight excluding hydrogens is 372 g/mol. The molecule has 0 saturated heterocycles. The standard InChI is InChI=1S/C24H8N6/c1-26-14-5-7-16-18-10-17-15-6-4-13(12-25)8-19(15)23(29-27-2)21(17)11-22(18)24(30-28-3)20(16)9-14/h4-11H/b29-23-,30-24+. The summed E-state index contributed by atoms with van der Waals surface area (Å²) in [5.41, 5.74) is 0.982. The lowest BCUT2D eigenvalue weighted by Crippen LogP contribution is -2.00. The minimum atomic E-state index is 0.483. The molecule has 0 bridgehead atoms. The minimum absolute atomic E-state index is 0.483. The van der Waals surface area contributed by atoms with E-state index in [0.717, 1.165) is 43.1 Å². The third-order valence-electron chi connectivity index (χ3n) is 5.34. The predicted molar refractivity (Wildman–Crippen MR) is 114 cm³/mol. The highest BCUT2D eigenvalue weighted by atomic mass is 15.2. The Balaban J connectivity index is 2.09. The maximum atomic E-state index is 9.27. The second-order valence-electron chi connectivity index (χ2n) is 6.75. The highest BCUT2D eigenvalue weighted by Gasteiger charge is 2.17. The molecule has 5 aromatic rings. The van der Waals surface area contributed by atoms with Crippen LogP contribution in [0.25, 0.3) is 57.8 Å². The van der Waals surface area contributed by atoms with Crippen LogP contribution in [-0.2, 0) is 0 Å². The molecule has 0 atom stereocenters. The molecule has 0 aromatic heterocycles. The van der Waals surface area contributed by atoms with Crippen molar-refractivity contribution in [1.82, 2.24) is 0 Å². The zero-order valence-electron chi connectivity index (χ0n) is 15.3. The summed E-state index contributed by atoms with van der Waals surface area (Å²) in [6.07, 6.45) is 0. The summed E-state index contributed by atoms with van der Waals surface area (Å²) < 4.78 is 0. The zero-order valence-corrected chi connectivity index (χ0v) is 15.3. The maximum Gasteiger partial charge on any atom is 0.187 e. The maximum absolute atomic E-state index is 9.27. The van der Waals surface area contributed by atoms with Crippen molar-refractivity contribution in [3.63, 3.8) is 0 Å². The van der Waals surface area contributed by atoms with Crippen molar-refractivity contribution in [3.05, 3.63) is 99.3 Å². The number of rotatable bonds is 0. The van der Waals surface area contributed by atoms with Crippen LogP contribution in [-0.4, -0.2) is 0 Å². The van der Waals surface area contributed by atoms with Crippen LogP contribution in [0.5, 0.6) is 0 Å². The average Bonchev–Trinajstić information content (AvgIpc) is 3.24. The highest BCUT2D eigenvalue weighted by Crippen LogP contribution is 2.33. The summed E-state index contributed by atoms with van der Waals surface area (Å²) in [7, 11) is 0. The number of nitriles is 1. The first kappa shape index (κ1) is 17.1. The van der Waals surface area contributed by atoms with Gasteiger partial charge in [0.1, 0.15) is 0 Å². The molecule has 0 aliphatic rings. The van der Waals surface area contributed by atoms with Crippen LogP contribution in [0.3, 0.4) is 0 Å². The molecule has 5 aromatic carbocycles. The molecule has 6 heteroatoms. The van der Waals surface area contributed by atoms with E-state index in [1.54, 1.807) is 24.3 Å². The fourth-order valence-electron chi connectivity index (χ4n) is 4.12. The van der Waals surface area contributed by atoms with Crippen LogP contribution in [0.15, 0.2) is 58.7 Å². The van der Waals surface area contributed by atoms with Crippen LogP contribution >= 0.6 is 0 Å². The molecule has 0 N–H and O–H groups in total. The molecule has 0 amide bonds. The minimum Gasteiger partial charge on any atom is -0.238 e. The van der Waals surface area contributed by atoms with Crippen molar-refractivity contribution in [2.24, 2.45) is 10.2 Å². The third kappa shape index (κ3) is 2.20. The second-order valence-corrected chi connectivity index (χ2v) is 6.75. The normalized spacial score (nSPS) is 12.3. The van der Waals surface area contributed by atoms with Gasteiger partial charge >= 0.3 is 0 Å². The molecule has 134 valence electrons. The molecule has 6 nitrogen and oxygen atoms in total. The lowest BCUT2D eigenvalue weighted by Gasteiger charge is -1.96. The van der Waals surface area contributed by atoms with E-state index in [0.29, 0.717) is 22.0 Å². The number of fused-ring (bicyclic) bond motifs is 6. The van der Waals surface area contributed by atoms with Gasteiger partial charge in [0.05, 0.1) is 28.4 Å². The quantitative estimate of drug-likeness (QED) is 0.273. The molecule has 0 heterocycles. The summed E-state index contributed by atoms with van der Waals surface area (Å²) in [5.74, 6) is 0. The van der Waals surface area contributed by atoms with Gasteiger partial charge in [-0.05, 0) is 51.9 Å². The van der Waals surface area contributed by atoms with Crippen molar-refractivity contribution < 1.29 is 0 Å². The third-order valence-corrected chi connectivity index (χ3v) is 5.34. The van der Waals surface area contributed by atoms with E-state index >= 15 is 0 Å². The van der Waals surface area contributed by atoms with Crippen LogP contribution in [0.2, 0.25) is 0 Å². The molecule has 5 rings (SSSR count). The Morgan fingerprint density at radius 1 is 0.633 bits per heavy atom. The van der Waals surface area contributed by atoms with Gasteiger partial charge in [0.2, 0.25) is 0 Å². The van der Waals surface area contributed by atoms with Crippen molar-refractivity contribution in [2.45, 2.75) is 0 Å². The molecular formula is C24H8N6. The Morgan fingerprint density at radius 3 is 1.73 bits per heavy atom. The largest absolute Gasteiger partial charge is 0.238 e. The van der Waals surface area contributed by atoms with E-state index in [2.05, 4.69) is 31.0 Å². The Morgan fingerprint density at radius 2 is 1.17 bits per heavy atom. The van der Waals surface area contributed by atoms with Gasteiger partial charge in [-0.2, -0.15) is 18.4 Å². The number of benzene rings is 3. The Labute approximate surface area is 170 Å². The molecule has 0 saturated carbocycles. The molecule has 0 aliphatic carbocycles. The molecule has 30 heavy (non-hydrogen) atoms. The van der Waals surface area contributed by atoms with Crippen molar-refractivity contribution >= 4 is 48.8 Å². The molecule has 0 unspecified atom stereocenters. The first-order chi connectivity index (χ1) is 14.7. The fraction of sp³-hybridized carbons (Fsp3) is 0. The van der Waals surface area contributed by atoms with Crippen LogP contribution in [0.1, 0.15) is 5.56 Å². The van der Waals surface area contributed by atoms with Gasteiger partial charge in [-0.1, -0.05) is 18.2 Å². The summed E-state index contributed by atoms with van der Waals surface area (Å²) in [5, 5.41) is 25.0. The summed E-state index contributed by atoms with van der Waals surface area (Å²) in [6, 6.07) is 16.8. The van der Waals surface area contributed by atoms with E-state index in [-0.39, 0.29) is 0 Å². The van der Waals surface area contributed by atoms with Gasteiger partial charge in [0.15, 0.2) is 16.4 Å². The Hall–Kier alpha value is -5.04. The summed E-state index contributed by atoms with van der Waals surface area (Å²) >= 11 is 0. The van der Waals surface area contributed by atoms with Gasteiger partial charge in [0.25, 0.3) is 0 Å². The van der Waals surface area contributed by atoms with E-state index in [1.165, 1.54) is 0 Å². The fourth-order valence-corrected chi connectivity index (χ4v) is 4.12. The molecule has 0 spiro atoms. The van der Waals surface area contributed by atoms with E-state index in [1.807, 2.05) is 24.3 Å². The number of hydrogen-bond acceptors (Lipinski definition) is 3. The zero-order chi connectivity index (χ0) is 20.8. The lowest BCUT2D eigenvalue weighted by molar-refractivity contribution is 1.41. The molecule has 0 radical (unpaired) electrons. The lowest BCUT2D eigenvalue weighted by atomic mass is 10.1. The first-order valence-electron chi connectivity index (χ1n) is 8.85. The van der Waals surface area contributed by atoms with Gasteiger partial charge in [-0.25, -0.2) is 4.85 Å². The first-order valence-corrected chi connectivity index (χ1v) is 8.85. The smallest absolute Gasteiger partial charge is 0.187 e. The van der Waals surface area contributed by atoms with E-state index < -0.39 is 0 Å². The van der Waals surface area contributed by atoms with Crippen LogP contribution in [0.4, 0.5) is 5.69 Å². The van der Waals surface area contributed by atoms with Gasteiger partial charge in [0, 0.05) is 21.5 Å². The molecule has 0 aliphatic heterocycles. The van der Waals surface area contributed by atoms with Crippen molar-refractivity contribution in [1.29, 1.82) is 5.26 Å². The van der Waals surface area contributed by atoms with Crippen molar-refractivity contribution in [3.8, 4) is 6.07 Å². The Kier molecular flexibility index (Phi) is 3.56. The van der Waals surface area contributed by atoms with Gasteiger partial charge < -0.3 is 0 Å². The van der Waals surface area contributed by atoms with Crippen LogP contribution in [0, 0.1) is 31.0 Å².